The molecule has 1 unspecified atom stereocenters. The summed E-state index contributed by atoms with van der Waals surface area (Å²) in [5.41, 5.74) is -3.80. The number of aromatic nitrogens is 2. The number of H-pyrrole nitrogens is 1. The lowest BCUT2D eigenvalue weighted by atomic mass is 9.81. The molecule has 0 radical (unpaired) electrons. The summed E-state index contributed by atoms with van der Waals surface area (Å²) in [7, 11) is -3.99. The Balaban J connectivity index is 1.40. The summed E-state index contributed by atoms with van der Waals surface area (Å²) in [6, 6.07) is 1.16. The molecule has 6 atom stereocenters. The number of phosphoric ester groups is 1. The molecule has 13 heteroatoms. The molecule has 12 nitrogen and oxygen atoms in total. The average Bonchev–Trinajstić information content (AvgIpc) is 3.01. The number of aromatic amines is 1. The van der Waals surface area contributed by atoms with Gasteiger partial charge in [-0.05, 0) is 20.8 Å². The van der Waals surface area contributed by atoms with Crippen LogP contribution in [-0.4, -0.2) is 59.3 Å². The SMILES string of the molecule is C#C[C@@]1(C)[C@H](n2ccc(=O)[nH]c2=O)O[C@@H]2C3O[P@@](=O)(OCCOCC(=O)OC(C)C)O[C@]321. The van der Waals surface area contributed by atoms with E-state index in [0.29, 0.717) is 0 Å². The number of rotatable bonds is 8. The number of ether oxygens (including phenoxy) is 3. The summed E-state index contributed by atoms with van der Waals surface area (Å²) in [5, 5.41) is 0. The number of fused-ring (bicyclic) bond motifs is 1. The molecule has 3 fully saturated rings. The van der Waals surface area contributed by atoms with E-state index in [1.807, 2.05) is 0 Å². The van der Waals surface area contributed by atoms with Crippen molar-refractivity contribution in [3.63, 3.8) is 0 Å². The fourth-order valence-electron chi connectivity index (χ4n) is 4.07. The lowest BCUT2D eigenvalue weighted by molar-refractivity contribution is -0.152. The lowest BCUT2D eigenvalue weighted by Crippen LogP contribution is -2.44. The van der Waals surface area contributed by atoms with Crippen molar-refractivity contribution in [1.82, 2.24) is 9.55 Å². The molecular formula is C19H23N2O10P. The van der Waals surface area contributed by atoms with Gasteiger partial charge in [0.25, 0.3) is 5.56 Å². The molecule has 1 N–H and O–H groups in total. The second kappa shape index (κ2) is 7.95. The van der Waals surface area contributed by atoms with Gasteiger partial charge in [-0.15, -0.1) is 6.42 Å². The smallest absolute Gasteiger partial charge is 0.461 e. The summed E-state index contributed by atoms with van der Waals surface area (Å²) in [6.45, 7) is 4.56. The van der Waals surface area contributed by atoms with Gasteiger partial charge in [0.2, 0.25) is 0 Å². The number of hydrogen-bond acceptors (Lipinski definition) is 10. The van der Waals surface area contributed by atoms with Gasteiger partial charge < -0.3 is 14.2 Å². The summed E-state index contributed by atoms with van der Waals surface area (Å²) >= 11 is 0. The summed E-state index contributed by atoms with van der Waals surface area (Å²) in [4.78, 5) is 37.2. The second-order valence-corrected chi connectivity index (χ2v) is 9.60. The predicted octanol–water partition coefficient (Wildman–Crippen LogP) is 0.334. The highest BCUT2D eigenvalue weighted by Crippen LogP contribution is 2.79. The first-order valence-electron chi connectivity index (χ1n) is 9.92. The molecule has 32 heavy (non-hydrogen) atoms. The van der Waals surface area contributed by atoms with Crippen LogP contribution in [0.4, 0.5) is 0 Å². The molecule has 0 amide bonds. The number of carbonyl (C=O) groups is 1. The van der Waals surface area contributed by atoms with E-state index < -0.39 is 54.5 Å². The number of nitrogens with one attached hydrogen (secondary N) is 1. The molecule has 0 aromatic carbocycles. The van der Waals surface area contributed by atoms with Crippen LogP contribution in [0.5, 0.6) is 0 Å². The van der Waals surface area contributed by atoms with Crippen molar-refractivity contribution in [2.75, 3.05) is 19.8 Å². The minimum atomic E-state index is -3.99. The predicted molar refractivity (Wildman–Crippen MR) is 106 cm³/mol. The number of terminal acetylenes is 1. The van der Waals surface area contributed by atoms with Crippen LogP contribution in [0.15, 0.2) is 21.9 Å². The molecule has 3 aliphatic rings. The van der Waals surface area contributed by atoms with Gasteiger partial charge in [0, 0.05) is 12.3 Å². The Morgan fingerprint density at radius 1 is 1.38 bits per heavy atom. The van der Waals surface area contributed by atoms with Crippen molar-refractivity contribution in [1.29, 1.82) is 0 Å². The van der Waals surface area contributed by atoms with Crippen LogP contribution in [0.1, 0.15) is 27.0 Å². The molecule has 174 valence electrons. The van der Waals surface area contributed by atoms with Gasteiger partial charge >= 0.3 is 19.5 Å². The van der Waals surface area contributed by atoms with Crippen LogP contribution in [0, 0.1) is 17.8 Å². The largest absolute Gasteiger partial charge is 0.476 e. The molecule has 1 aromatic rings. The van der Waals surface area contributed by atoms with Gasteiger partial charge in [0.05, 0.1) is 19.3 Å². The van der Waals surface area contributed by atoms with E-state index in [0.717, 1.165) is 10.6 Å². The van der Waals surface area contributed by atoms with E-state index in [4.69, 9.17) is 34.2 Å². The Kier molecular flexibility index (Phi) is 5.69. The molecule has 1 aromatic heterocycles. The van der Waals surface area contributed by atoms with Crippen LogP contribution in [0.3, 0.4) is 0 Å². The van der Waals surface area contributed by atoms with E-state index in [9.17, 15) is 18.9 Å². The fourth-order valence-corrected chi connectivity index (χ4v) is 5.84. The highest BCUT2D eigenvalue weighted by molar-refractivity contribution is 7.48. The number of phosphoric acid groups is 1. The lowest BCUT2D eigenvalue weighted by Gasteiger charge is -2.32. The standard InChI is InChI=1S/C19H23N2O10P/c1-5-18(4)16(21-7-6-12(22)20-17(21)24)29-14-15-19(14,18)31-32(25,30-15)27-9-8-26-10-13(23)28-11(2)3/h1,6-7,11,14-16H,8-10H2,2-4H3,(H,20,22,24)/t14-,15?,16-,18+,19+,32-/m1/s1. The third-order valence-corrected chi connectivity index (χ3v) is 7.08. The Bertz CT molecular complexity index is 1120. The first-order chi connectivity index (χ1) is 15.1. The molecule has 4 rings (SSSR count). The second-order valence-electron chi connectivity index (χ2n) is 8.06. The maximum Gasteiger partial charge on any atom is 0.476 e. The summed E-state index contributed by atoms with van der Waals surface area (Å²) in [5.74, 6) is 2.06. The van der Waals surface area contributed by atoms with Gasteiger partial charge in [-0.25, -0.2) is 14.2 Å². The van der Waals surface area contributed by atoms with Gasteiger partial charge in [0.1, 0.15) is 24.2 Å². The van der Waals surface area contributed by atoms with Gasteiger partial charge in [0.15, 0.2) is 11.8 Å². The van der Waals surface area contributed by atoms with Crippen LogP contribution < -0.4 is 11.2 Å². The summed E-state index contributed by atoms with van der Waals surface area (Å²) < 4.78 is 46.5. The minimum Gasteiger partial charge on any atom is -0.461 e. The molecule has 2 aliphatic heterocycles. The molecule has 2 saturated heterocycles. The van der Waals surface area contributed by atoms with Crippen LogP contribution in [-0.2, 0) is 37.1 Å². The zero-order valence-corrected chi connectivity index (χ0v) is 18.5. The quantitative estimate of drug-likeness (QED) is 0.244. The van der Waals surface area contributed by atoms with Crippen LogP contribution in [0.25, 0.3) is 0 Å². The molecule has 3 heterocycles. The van der Waals surface area contributed by atoms with Gasteiger partial charge in [-0.1, -0.05) is 5.92 Å². The highest BCUT2D eigenvalue weighted by atomic mass is 31.2. The Morgan fingerprint density at radius 3 is 2.78 bits per heavy atom. The zero-order chi connectivity index (χ0) is 23.3. The Morgan fingerprint density at radius 2 is 2.12 bits per heavy atom. The Hall–Kier alpha value is -2.26. The van der Waals surface area contributed by atoms with E-state index in [1.165, 1.54) is 6.20 Å². The first kappa shape index (κ1) is 22.9. The maximum atomic E-state index is 12.9. The molecule has 1 aliphatic carbocycles. The van der Waals surface area contributed by atoms with Crippen molar-refractivity contribution in [2.45, 2.75) is 50.9 Å². The number of hydrogen-bond donors (Lipinski definition) is 1. The van der Waals surface area contributed by atoms with Crippen molar-refractivity contribution < 1.29 is 37.1 Å². The zero-order valence-electron chi connectivity index (χ0n) is 17.6. The highest BCUT2D eigenvalue weighted by Gasteiger charge is 2.90. The summed E-state index contributed by atoms with van der Waals surface area (Å²) in [6.07, 6.45) is 4.41. The van der Waals surface area contributed by atoms with Crippen LogP contribution >= 0.6 is 7.82 Å². The molecule has 0 bridgehead atoms. The number of nitrogens with zero attached hydrogens (tertiary/aromatic N) is 1. The van der Waals surface area contributed by atoms with E-state index in [-0.39, 0.29) is 25.9 Å². The van der Waals surface area contributed by atoms with Crippen LogP contribution in [0.2, 0.25) is 0 Å². The monoisotopic (exact) mass is 470 g/mol. The normalized spacial score (nSPS) is 37.0. The van der Waals surface area contributed by atoms with Gasteiger partial charge in [-0.2, -0.15) is 0 Å². The van der Waals surface area contributed by atoms with Crippen molar-refractivity contribution in [3.8, 4) is 12.3 Å². The minimum absolute atomic E-state index is 0.0523. The average molecular weight is 470 g/mol. The van der Waals surface area contributed by atoms with E-state index >= 15 is 0 Å². The number of carbonyl (C=O) groups excluding carboxylic acids is 1. The van der Waals surface area contributed by atoms with Crippen molar-refractivity contribution in [3.05, 3.63) is 33.1 Å². The third-order valence-electron chi connectivity index (χ3n) is 5.57. The van der Waals surface area contributed by atoms with Gasteiger partial charge in [-0.3, -0.25) is 27.9 Å². The van der Waals surface area contributed by atoms with Crippen molar-refractivity contribution in [2.24, 2.45) is 5.41 Å². The Labute approximate surface area is 182 Å². The fraction of sp³-hybridized carbons (Fsp3) is 0.632. The van der Waals surface area contributed by atoms with E-state index in [2.05, 4.69) is 10.9 Å². The molecular weight excluding hydrogens is 447 g/mol. The number of esters is 1. The third kappa shape index (κ3) is 3.55. The first-order valence-corrected chi connectivity index (χ1v) is 11.4. The molecule has 1 saturated carbocycles. The molecule has 1 spiro atoms. The van der Waals surface area contributed by atoms with E-state index in [1.54, 1.807) is 20.8 Å². The maximum absolute atomic E-state index is 12.9. The topological polar surface area (TPSA) is 144 Å². The van der Waals surface area contributed by atoms with Crippen molar-refractivity contribution >= 4 is 13.8 Å².